The minimum Gasteiger partial charge on any atom is -0.454 e. The van der Waals surface area contributed by atoms with Crippen LogP contribution in [0.5, 0.6) is 0 Å². The zero-order valence-corrected chi connectivity index (χ0v) is 20.0. The lowest BCUT2D eigenvalue weighted by Gasteiger charge is -2.43. The number of carbonyl (C=O) groups excluding carboxylic acids is 3. The Bertz CT molecular complexity index is 957. The average molecular weight is 503 g/mol. The van der Waals surface area contributed by atoms with Gasteiger partial charge in [0, 0.05) is 25.6 Å². The second-order valence-electron chi connectivity index (χ2n) is 7.71. The molecule has 1 aliphatic rings. The summed E-state index contributed by atoms with van der Waals surface area (Å²) in [6, 6.07) is 7.97. The van der Waals surface area contributed by atoms with Crippen molar-refractivity contribution in [1.82, 2.24) is 0 Å². The molecule has 194 valence electrons. The lowest BCUT2D eigenvalue weighted by Crippen LogP contribution is -2.62. The van der Waals surface area contributed by atoms with E-state index in [4.69, 9.17) is 28.9 Å². The number of carbonyl (C=O) groups is 3. The van der Waals surface area contributed by atoms with Crippen LogP contribution in [-0.2, 0) is 33.3 Å². The Morgan fingerprint density at radius 3 is 2.11 bits per heavy atom. The van der Waals surface area contributed by atoms with Crippen LogP contribution in [0, 0.1) is 11.3 Å². The summed E-state index contributed by atoms with van der Waals surface area (Å²) in [7, 11) is 1.29. The highest BCUT2D eigenvalue weighted by Crippen LogP contribution is 2.30. The first-order valence-corrected chi connectivity index (χ1v) is 11.2. The van der Waals surface area contributed by atoms with Crippen molar-refractivity contribution in [2.45, 2.75) is 56.4 Å². The number of nitriles is 1. The molecule has 0 radical (unpaired) electrons. The van der Waals surface area contributed by atoms with Crippen molar-refractivity contribution >= 4 is 23.7 Å². The predicted octanol–water partition coefficient (Wildman–Crippen LogP) is 2.59. The van der Waals surface area contributed by atoms with Gasteiger partial charge < -0.3 is 28.8 Å². The lowest BCUT2D eigenvalue weighted by molar-refractivity contribution is -0.299. The number of anilines is 1. The van der Waals surface area contributed by atoms with E-state index in [2.05, 4.69) is 18.5 Å². The standard InChI is InChI=1S/C25H30N2O9/c1-4-6-8-19(29)34-22-21(36-25(31)27-17-12-10-16(14-26)11-13-17)18(15-28)33-24(32-3)23(22)35-20(30)9-7-5-2/h4-5,10-13,18,21-24,28H,1-2,6-9,15H2,3H3,(H,27,31)/t18-,21-,22+,23-,24+/m1/s1. The zero-order valence-electron chi connectivity index (χ0n) is 20.0. The van der Waals surface area contributed by atoms with Gasteiger partial charge in [-0.1, -0.05) is 12.2 Å². The van der Waals surface area contributed by atoms with Crippen LogP contribution in [0.25, 0.3) is 0 Å². The van der Waals surface area contributed by atoms with Gasteiger partial charge in [-0.25, -0.2) is 4.79 Å². The fourth-order valence-corrected chi connectivity index (χ4v) is 3.38. The first-order valence-electron chi connectivity index (χ1n) is 11.2. The average Bonchev–Trinajstić information content (AvgIpc) is 2.88. The maximum atomic E-state index is 12.7. The second kappa shape index (κ2) is 14.6. The third kappa shape index (κ3) is 8.20. The number of amides is 1. The van der Waals surface area contributed by atoms with Crippen LogP contribution < -0.4 is 5.32 Å². The largest absolute Gasteiger partial charge is 0.454 e. The van der Waals surface area contributed by atoms with Gasteiger partial charge in [-0.2, -0.15) is 5.26 Å². The number of ether oxygens (including phenoxy) is 5. The van der Waals surface area contributed by atoms with E-state index in [-0.39, 0.29) is 12.8 Å². The quantitative estimate of drug-likeness (QED) is 0.248. The van der Waals surface area contributed by atoms with Gasteiger partial charge in [0.15, 0.2) is 24.6 Å². The Labute approximate surface area is 209 Å². The van der Waals surface area contributed by atoms with Crippen molar-refractivity contribution < 1.29 is 43.2 Å². The molecule has 36 heavy (non-hydrogen) atoms. The van der Waals surface area contributed by atoms with Crippen LogP contribution in [-0.4, -0.2) is 67.6 Å². The number of aliphatic hydroxyl groups is 1. The van der Waals surface area contributed by atoms with Crippen LogP contribution >= 0.6 is 0 Å². The topological polar surface area (TPSA) is 153 Å². The first kappa shape index (κ1) is 28.5. The molecule has 1 fully saturated rings. The van der Waals surface area contributed by atoms with Gasteiger partial charge in [0.25, 0.3) is 0 Å². The van der Waals surface area contributed by atoms with Gasteiger partial charge in [0.1, 0.15) is 6.10 Å². The van der Waals surface area contributed by atoms with Crippen LogP contribution in [0.15, 0.2) is 49.6 Å². The SMILES string of the molecule is C=CCCC(=O)O[C@@H]1[C@@H](OC(=O)CCC=C)[C@@H](OC)O[C@H](CO)[C@H]1OC(=O)Nc1ccc(C#N)cc1. The molecule has 0 aliphatic carbocycles. The molecular formula is C25H30N2O9. The van der Waals surface area contributed by atoms with E-state index in [9.17, 15) is 19.5 Å². The van der Waals surface area contributed by atoms with Crippen molar-refractivity contribution in [2.75, 3.05) is 19.0 Å². The molecular weight excluding hydrogens is 472 g/mol. The highest BCUT2D eigenvalue weighted by atomic mass is 16.7. The Kier molecular flexibility index (Phi) is 11.6. The lowest BCUT2D eigenvalue weighted by atomic mass is 9.98. The molecule has 11 nitrogen and oxygen atoms in total. The van der Waals surface area contributed by atoms with Crippen molar-refractivity contribution in [1.29, 1.82) is 5.26 Å². The fourth-order valence-electron chi connectivity index (χ4n) is 3.38. The zero-order chi connectivity index (χ0) is 26.5. The molecule has 5 atom stereocenters. The molecule has 0 saturated carbocycles. The van der Waals surface area contributed by atoms with Crippen LogP contribution in [0.1, 0.15) is 31.2 Å². The van der Waals surface area contributed by atoms with Gasteiger partial charge in [-0.15, -0.1) is 13.2 Å². The summed E-state index contributed by atoms with van der Waals surface area (Å²) in [5.74, 6) is -1.30. The molecule has 2 N–H and O–H groups in total. The summed E-state index contributed by atoms with van der Waals surface area (Å²) in [5.41, 5.74) is 0.728. The van der Waals surface area contributed by atoms with E-state index in [0.29, 0.717) is 24.1 Å². The third-order valence-corrected chi connectivity index (χ3v) is 5.15. The van der Waals surface area contributed by atoms with Crippen molar-refractivity contribution in [3.63, 3.8) is 0 Å². The van der Waals surface area contributed by atoms with Gasteiger partial charge in [0.2, 0.25) is 0 Å². The molecule has 1 heterocycles. The molecule has 1 saturated heterocycles. The van der Waals surface area contributed by atoms with Crippen molar-refractivity contribution in [2.24, 2.45) is 0 Å². The number of nitrogens with one attached hydrogen (secondary N) is 1. The number of methoxy groups -OCH3 is 1. The molecule has 1 aromatic rings. The minimum absolute atomic E-state index is 0.00168. The Hall–Kier alpha value is -3.72. The highest BCUT2D eigenvalue weighted by molar-refractivity contribution is 5.84. The van der Waals surface area contributed by atoms with E-state index in [1.165, 1.54) is 37.5 Å². The Morgan fingerprint density at radius 2 is 1.61 bits per heavy atom. The van der Waals surface area contributed by atoms with Gasteiger partial charge in [0.05, 0.1) is 18.2 Å². The number of hydrogen-bond donors (Lipinski definition) is 2. The number of rotatable bonds is 12. The van der Waals surface area contributed by atoms with Gasteiger partial charge >= 0.3 is 18.0 Å². The number of hydrogen-bond acceptors (Lipinski definition) is 10. The summed E-state index contributed by atoms with van der Waals surface area (Å²) in [6.45, 7) is 6.51. The van der Waals surface area contributed by atoms with E-state index in [1.807, 2.05) is 6.07 Å². The summed E-state index contributed by atoms with van der Waals surface area (Å²) in [4.78, 5) is 37.6. The molecule has 1 amide bonds. The Morgan fingerprint density at radius 1 is 1.03 bits per heavy atom. The summed E-state index contributed by atoms with van der Waals surface area (Å²) < 4.78 is 27.5. The minimum atomic E-state index is -1.36. The normalized spacial score (nSPS) is 23.0. The summed E-state index contributed by atoms with van der Waals surface area (Å²) in [6.07, 6.45) is -3.61. The fraction of sp³-hybridized carbons (Fsp3) is 0.440. The van der Waals surface area contributed by atoms with Crippen molar-refractivity contribution in [3.8, 4) is 6.07 Å². The number of esters is 2. The van der Waals surface area contributed by atoms with E-state index >= 15 is 0 Å². The molecule has 1 aliphatic heterocycles. The number of benzene rings is 1. The van der Waals surface area contributed by atoms with Crippen molar-refractivity contribution in [3.05, 3.63) is 55.1 Å². The molecule has 1 aromatic carbocycles. The van der Waals surface area contributed by atoms with E-state index in [1.54, 1.807) is 6.08 Å². The predicted molar refractivity (Wildman–Crippen MR) is 126 cm³/mol. The van der Waals surface area contributed by atoms with E-state index in [0.717, 1.165) is 0 Å². The van der Waals surface area contributed by atoms with Gasteiger partial charge in [-0.3, -0.25) is 14.9 Å². The number of aliphatic hydroxyl groups excluding tert-OH is 1. The number of allylic oxidation sites excluding steroid dienone is 2. The first-order chi connectivity index (χ1) is 17.4. The maximum absolute atomic E-state index is 12.7. The summed E-state index contributed by atoms with van der Waals surface area (Å²) in [5, 5.41) is 21.3. The number of nitrogens with zero attached hydrogens (tertiary/aromatic N) is 1. The molecule has 0 unspecified atom stereocenters. The Balaban J connectivity index is 2.30. The van der Waals surface area contributed by atoms with E-state index < -0.39 is 55.3 Å². The molecule has 0 spiro atoms. The van der Waals surface area contributed by atoms with Crippen LogP contribution in [0.4, 0.5) is 10.5 Å². The summed E-state index contributed by atoms with van der Waals surface area (Å²) >= 11 is 0. The third-order valence-electron chi connectivity index (χ3n) is 5.15. The highest BCUT2D eigenvalue weighted by Gasteiger charge is 2.52. The molecule has 0 aromatic heterocycles. The maximum Gasteiger partial charge on any atom is 0.412 e. The van der Waals surface area contributed by atoms with Gasteiger partial charge in [-0.05, 0) is 37.1 Å². The monoisotopic (exact) mass is 502 g/mol. The smallest absolute Gasteiger partial charge is 0.412 e. The molecule has 11 heteroatoms. The molecule has 2 rings (SSSR count). The van der Waals surface area contributed by atoms with Crippen LogP contribution in [0.3, 0.4) is 0 Å². The second-order valence-corrected chi connectivity index (χ2v) is 7.71. The molecule has 0 bridgehead atoms. The van der Waals surface area contributed by atoms with Crippen LogP contribution in [0.2, 0.25) is 0 Å².